The Morgan fingerprint density at radius 3 is 2.21 bits per heavy atom. The number of sulfonamides is 1. The largest absolute Gasteiger partial charge is 0.493 e. The molecule has 1 N–H and O–H groups in total. The van der Waals surface area contributed by atoms with Gasteiger partial charge in [0, 0.05) is 18.7 Å². The number of amides is 2. The molecule has 3 aromatic carbocycles. The second-order valence-electron chi connectivity index (χ2n) is 10.8. The second kappa shape index (κ2) is 14.4. The summed E-state index contributed by atoms with van der Waals surface area (Å²) in [6.07, 6.45) is 5.10. The molecule has 0 saturated heterocycles. The van der Waals surface area contributed by atoms with Crippen LogP contribution in [0.25, 0.3) is 0 Å². The molecule has 0 aromatic heterocycles. The number of carbonyl (C=O) groups excluding carboxylic acids is 2. The van der Waals surface area contributed by atoms with Crippen molar-refractivity contribution in [1.82, 2.24) is 10.2 Å². The minimum atomic E-state index is -4.24. The molecule has 1 unspecified atom stereocenters. The van der Waals surface area contributed by atoms with E-state index in [2.05, 4.69) is 5.32 Å². The number of methoxy groups -OCH3 is 2. The summed E-state index contributed by atoms with van der Waals surface area (Å²) in [5.74, 6) is -0.117. The van der Waals surface area contributed by atoms with Crippen LogP contribution in [0, 0.1) is 6.92 Å². The number of carbonyl (C=O) groups is 2. The first-order valence-electron chi connectivity index (χ1n) is 14.6. The van der Waals surface area contributed by atoms with Gasteiger partial charge in [0.2, 0.25) is 11.8 Å². The number of benzene rings is 3. The Morgan fingerprint density at radius 1 is 0.907 bits per heavy atom. The maximum atomic E-state index is 14.2. The van der Waals surface area contributed by atoms with Crippen LogP contribution in [0.5, 0.6) is 11.5 Å². The van der Waals surface area contributed by atoms with Crippen LogP contribution in [0.3, 0.4) is 0 Å². The summed E-state index contributed by atoms with van der Waals surface area (Å²) >= 11 is 0. The Bertz CT molecular complexity index is 1510. The van der Waals surface area contributed by atoms with E-state index in [4.69, 9.17) is 9.47 Å². The zero-order valence-corrected chi connectivity index (χ0v) is 26.1. The molecule has 2 amide bonds. The summed E-state index contributed by atoms with van der Waals surface area (Å²) < 4.78 is 39.9. The first-order chi connectivity index (χ1) is 20.6. The lowest BCUT2D eigenvalue weighted by molar-refractivity contribution is -0.139. The molecule has 10 heteroatoms. The lowest BCUT2D eigenvalue weighted by Gasteiger charge is -2.33. The van der Waals surface area contributed by atoms with Gasteiger partial charge in [-0.05, 0) is 62.1 Å². The van der Waals surface area contributed by atoms with E-state index >= 15 is 0 Å². The molecule has 43 heavy (non-hydrogen) atoms. The molecule has 1 fully saturated rings. The average Bonchev–Trinajstić information content (AvgIpc) is 3.03. The van der Waals surface area contributed by atoms with E-state index in [1.54, 1.807) is 37.3 Å². The van der Waals surface area contributed by atoms with Gasteiger partial charge in [-0.1, -0.05) is 61.7 Å². The molecule has 1 atom stereocenters. The van der Waals surface area contributed by atoms with Crippen LogP contribution in [0.1, 0.15) is 50.2 Å². The minimum absolute atomic E-state index is 0.0599. The fourth-order valence-corrected chi connectivity index (χ4v) is 6.78. The maximum absolute atomic E-state index is 14.2. The highest BCUT2D eigenvalue weighted by Crippen LogP contribution is 2.32. The molecule has 0 heterocycles. The number of ether oxygens (including phenoxy) is 2. The van der Waals surface area contributed by atoms with Gasteiger partial charge < -0.3 is 19.7 Å². The smallest absolute Gasteiger partial charge is 0.264 e. The topological polar surface area (TPSA) is 105 Å². The van der Waals surface area contributed by atoms with Crippen molar-refractivity contribution in [1.29, 1.82) is 0 Å². The summed E-state index contributed by atoms with van der Waals surface area (Å²) in [4.78, 5) is 29.1. The Hall–Kier alpha value is -4.05. The molecule has 1 saturated carbocycles. The number of hydrogen-bond acceptors (Lipinski definition) is 6. The van der Waals surface area contributed by atoms with Gasteiger partial charge in [-0.25, -0.2) is 8.42 Å². The van der Waals surface area contributed by atoms with Crippen LogP contribution >= 0.6 is 0 Å². The van der Waals surface area contributed by atoms with Crippen LogP contribution < -0.4 is 19.1 Å². The second-order valence-corrected chi connectivity index (χ2v) is 12.7. The lowest BCUT2D eigenvalue weighted by Crippen LogP contribution is -2.53. The van der Waals surface area contributed by atoms with Crippen molar-refractivity contribution in [2.75, 3.05) is 25.1 Å². The predicted molar refractivity (Wildman–Crippen MR) is 167 cm³/mol. The van der Waals surface area contributed by atoms with Crippen LogP contribution in [-0.2, 0) is 26.2 Å². The van der Waals surface area contributed by atoms with E-state index in [1.165, 1.54) is 37.3 Å². The van der Waals surface area contributed by atoms with Crippen LogP contribution in [0.4, 0.5) is 5.69 Å². The molecular weight excluding hydrogens is 566 g/mol. The molecule has 1 aliphatic rings. The SMILES string of the molecule is COc1ccc(S(=O)(=O)N(CC(=O)N(Cc2ccccc2C)C(C)C(=O)NC2CCCCC2)c2ccccc2)cc1OC. The number of aryl methyl sites for hydroxylation is 1. The Kier molecular flexibility index (Phi) is 10.7. The van der Waals surface area contributed by atoms with Crippen molar-refractivity contribution >= 4 is 27.5 Å². The van der Waals surface area contributed by atoms with Gasteiger partial charge in [0.15, 0.2) is 11.5 Å². The fraction of sp³-hybridized carbons (Fsp3) is 0.394. The van der Waals surface area contributed by atoms with E-state index < -0.39 is 28.5 Å². The van der Waals surface area contributed by atoms with Crippen LogP contribution in [-0.4, -0.2) is 58.0 Å². The number of hydrogen-bond donors (Lipinski definition) is 1. The third-order valence-electron chi connectivity index (χ3n) is 7.99. The van der Waals surface area contributed by atoms with Crippen molar-refractivity contribution in [3.8, 4) is 11.5 Å². The molecule has 0 bridgehead atoms. The van der Waals surface area contributed by atoms with Crippen molar-refractivity contribution in [2.45, 2.75) is 69.5 Å². The maximum Gasteiger partial charge on any atom is 0.264 e. The van der Waals surface area contributed by atoms with Crippen molar-refractivity contribution in [2.24, 2.45) is 0 Å². The van der Waals surface area contributed by atoms with Gasteiger partial charge in [-0.3, -0.25) is 13.9 Å². The number of nitrogens with one attached hydrogen (secondary N) is 1. The van der Waals surface area contributed by atoms with Gasteiger partial charge in [-0.2, -0.15) is 0 Å². The van der Waals surface area contributed by atoms with Gasteiger partial charge in [0.05, 0.1) is 24.8 Å². The van der Waals surface area contributed by atoms with E-state index in [0.29, 0.717) is 11.4 Å². The molecule has 3 aromatic rings. The minimum Gasteiger partial charge on any atom is -0.493 e. The highest BCUT2D eigenvalue weighted by Gasteiger charge is 2.33. The Balaban J connectivity index is 1.69. The molecule has 0 radical (unpaired) electrons. The molecule has 0 spiro atoms. The third-order valence-corrected chi connectivity index (χ3v) is 9.76. The Labute approximate surface area is 254 Å². The summed E-state index contributed by atoms with van der Waals surface area (Å²) in [5.41, 5.74) is 2.17. The standard InChI is InChI=1S/C33H41N3O6S/c1-24-13-11-12-14-26(24)22-35(25(2)33(38)34-27-15-7-5-8-16-27)32(37)23-36(28-17-9-6-10-18-28)43(39,40)29-19-20-30(41-3)31(21-29)42-4/h6,9-14,17-21,25,27H,5,7-8,15-16,22-23H2,1-4H3,(H,34,38). The zero-order valence-electron chi connectivity index (χ0n) is 25.3. The van der Waals surface area contributed by atoms with Crippen LogP contribution in [0.2, 0.25) is 0 Å². The fourth-order valence-electron chi connectivity index (χ4n) is 5.35. The van der Waals surface area contributed by atoms with E-state index in [9.17, 15) is 18.0 Å². The third kappa shape index (κ3) is 7.67. The monoisotopic (exact) mass is 607 g/mol. The zero-order chi connectivity index (χ0) is 31.0. The molecule has 9 nitrogen and oxygen atoms in total. The van der Waals surface area contributed by atoms with Crippen molar-refractivity contribution in [3.05, 3.63) is 83.9 Å². The van der Waals surface area contributed by atoms with Crippen molar-refractivity contribution in [3.63, 3.8) is 0 Å². The van der Waals surface area contributed by atoms with E-state index in [-0.39, 0.29) is 29.1 Å². The summed E-state index contributed by atoms with van der Waals surface area (Å²) in [6, 6.07) is 19.7. The van der Waals surface area contributed by atoms with Crippen molar-refractivity contribution < 1.29 is 27.5 Å². The first-order valence-corrected chi connectivity index (χ1v) is 16.0. The van der Waals surface area contributed by atoms with Crippen LogP contribution in [0.15, 0.2) is 77.7 Å². The summed E-state index contributed by atoms with van der Waals surface area (Å²) in [5, 5.41) is 3.13. The predicted octanol–water partition coefficient (Wildman–Crippen LogP) is 5.07. The quantitative estimate of drug-likeness (QED) is 0.308. The number of rotatable bonds is 12. The summed E-state index contributed by atoms with van der Waals surface area (Å²) in [7, 11) is -1.35. The molecular formula is C33H41N3O6S. The molecule has 4 rings (SSSR count). The molecule has 1 aliphatic carbocycles. The van der Waals surface area contributed by atoms with Gasteiger partial charge in [0.25, 0.3) is 10.0 Å². The first kappa shape index (κ1) is 31.9. The molecule has 230 valence electrons. The average molecular weight is 608 g/mol. The lowest BCUT2D eigenvalue weighted by atomic mass is 9.95. The number of para-hydroxylation sites is 1. The van der Waals surface area contributed by atoms with Gasteiger partial charge >= 0.3 is 0 Å². The van der Waals surface area contributed by atoms with E-state index in [1.807, 2.05) is 31.2 Å². The number of anilines is 1. The molecule has 0 aliphatic heterocycles. The van der Waals surface area contributed by atoms with Gasteiger partial charge in [0.1, 0.15) is 12.6 Å². The van der Waals surface area contributed by atoms with Gasteiger partial charge in [-0.15, -0.1) is 0 Å². The normalized spacial score (nSPS) is 14.4. The summed E-state index contributed by atoms with van der Waals surface area (Å²) in [6.45, 7) is 3.30. The number of nitrogens with zero attached hydrogens (tertiary/aromatic N) is 2. The highest BCUT2D eigenvalue weighted by atomic mass is 32.2. The van der Waals surface area contributed by atoms with E-state index in [0.717, 1.165) is 47.5 Å². The highest BCUT2D eigenvalue weighted by molar-refractivity contribution is 7.92. The Morgan fingerprint density at radius 2 is 1.56 bits per heavy atom.